The van der Waals surface area contributed by atoms with E-state index in [0.717, 1.165) is 18.4 Å². The van der Waals surface area contributed by atoms with Crippen molar-refractivity contribution in [1.82, 2.24) is 4.90 Å². The topological polar surface area (TPSA) is 46.3 Å². The highest BCUT2D eigenvalue weighted by Crippen LogP contribution is 2.30. The number of nitrogens with two attached hydrogens (primary N) is 1. The van der Waals surface area contributed by atoms with Crippen LogP contribution in [0.2, 0.25) is 0 Å². The normalized spacial score (nSPS) is 14.0. The zero-order valence-electron chi connectivity index (χ0n) is 11.6. The van der Waals surface area contributed by atoms with Crippen LogP contribution in [0.15, 0.2) is 48.5 Å². The fourth-order valence-electron chi connectivity index (χ4n) is 2.43. The zero-order valence-corrected chi connectivity index (χ0v) is 11.6. The Hall–Kier alpha value is -2.36. The lowest BCUT2D eigenvalue weighted by molar-refractivity contribution is 0.0729. The second-order valence-corrected chi connectivity index (χ2v) is 5.42. The Kier molecular flexibility index (Phi) is 3.60. The van der Waals surface area contributed by atoms with Gasteiger partial charge in [-0.1, -0.05) is 18.2 Å². The standard InChI is InChI=1S/C17H17FN2O/c18-14-5-2-4-13(10-14)17(21)20(16-7-8-16)11-12-3-1-6-15(19)9-12/h1-6,9-10,16H,7-8,11,19H2. The second kappa shape index (κ2) is 5.56. The molecule has 4 heteroatoms. The number of nitrogen functional groups attached to an aromatic ring is 1. The molecule has 0 bridgehead atoms. The molecule has 0 radical (unpaired) electrons. The Morgan fingerprint density at radius 3 is 2.62 bits per heavy atom. The summed E-state index contributed by atoms with van der Waals surface area (Å²) in [5.41, 5.74) is 7.85. The molecule has 21 heavy (non-hydrogen) atoms. The van der Waals surface area contributed by atoms with E-state index in [4.69, 9.17) is 5.73 Å². The van der Waals surface area contributed by atoms with Crippen LogP contribution < -0.4 is 5.73 Å². The largest absolute Gasteiger partial charge is 0.399 e. The minimum atomic E-state index is -0.388. The third-order valence-electron chi connectivity index (χ3n) is 3.62. The van der Waals surface area contributed by atoms with E-state index in [2.05, 4.69) is 0 Å². The van der Waals surface area contributed by atoms with E-state index in [-0.39, 0.29) is 17.8 Å². The maximum atomic E-state index is 13.3. The summed E-state index contributed by atoms with van der Waals surface area (Å²) in [7, 11) is 0. The fraction of sp³-hybridized carbons (Fsp3) is 0.235. The summed E-state index contributed by atoms with van der Waals surface area (Å²) < 4.78 is 13.3. The highest BCUT2D eigenvalue weighted by Gasteiger charge is 2.33. The number of carbonyl (C=O) groups is 1. The van der Waals surface area contributed by atoms with Gasteiger partial charge in [-0.05, 0) is 48.7 Å². The smallest absolute Gasteiger partial charge is 0.254 e. The molecule has 0 saturated heterocycles. The molecule has 1 amide bonds. The number of benzene rings is 2. The van der Waals surface area contributed by atoms with E-state index in [1.165, 1.54) is 12.1 Å². The first kappa shape index (κ1) is 13.6. The molecule has 0 aliphatic heterocycles. The summed E-state index contributed by atoms with van der Waals surface area (Å²) in [5.74, 6) is -0.514. The molecule has 0 heterocycles. The van der Waals surface area contributed by atoms with Crippen LogP contribution in [-0.4, -0.2) is 16.8 Å². The van der Waals surface area contributed by atoms with Crippen molar-refractivity contribution in [2.45, 2.75) is 25.4 Å². The van der Waals surface area contributed by atoms with E-state index in [9.17, 15) is 9.18 Å². The number of nitrogens with zero attached hydrogens (tertiary/aromatic N) is 1. The van der Waals surface area contributed by atoms with Gasteiger partial charge in [0, 0.05) is 23.8 Å². The van der Waals surface area contributed by atoms with Crippen molar-refractivity contribution < 1.29 is 9.18 Å². The Morgan fingerprint density at radius 1 is 1.19 bits per heavy atom. The average Bonchev–Trinajstić information content (AvgIpc) is 3.29. The summed E-state index contributed by atoms with van der Waals surface area (Å²) in [5, 5.41) is 0. The fourth-order valence-corrected chi connectivity index (χ4v) is 2.43. The molecule has 1 fully saturated rings. The van der Waals surface area contributed by atoms with E-state index in [1.54, 1.807) is 12.1 Å². The second-order valence-electron chi connectivity index (χ2n) is 5.42. The molecule has 0 unspecified atom stereocenters. The van der Waals surface area contributed by atoms with Crippen LogP contribution in [0.1, 0.15) is 28.8 Å². The van der Waals surface area contributed by atoms with Gasteiger partial charge in [0.15, 0.2) is 0 Å². The number of amides is 1. The van der Waals surface area contributed by atoms with Crippen molar-refractivity contribution in [3.63, 3.8) is 0 Å². The van der Waals surface area contributed by atoms with Crippen LogP contribution in [-0.2, 0) is 6.54 Å². The predicted molar refractivity (Wildman–Crippen MR) is 80.1 cm³/mol. The van der Waals surface area contributed by atoms with Crippen LogP contribution in [0.4, 0.5) is 10.1 Å². The maximum Gasteiger partial charge on any atom is 0.254 e. The number of halogens is 1. The first-order valence-electron chi connectivity index (χ1n) is 7.04. The summed E-state index contributed by atoms with van der Waals surface area (Å²) in [6.07, 6.45) is 2.01. The molecular formula is C17H17FN2O. The van der Waals surface area contributed by atoms with Gasteiger partial charge in [-0.3, -0.25) is 4.79 Å². The predicted octanol–water partition coefficient (Wildman–Crippen LogP) is 3.21. The monoisotopic (exact) mass is 284 g/mol. The van der Waals surface area contributed by atoms with Crippen molar-refractivity contribution in [3.05, 3.63) is 65.5 Å². The number of rotatable bonds is 4. The number of carbonyl (C=O) groups excluding carboxylic acids is 1. The Labute approximate surface area is 123 Å². The van der Waals surface area contributed by atoms with Gasteiger partial charge < -0.3 is 10.6 Å². The van der Waals surface area contributed by atoms with Crippen molar-refractivity contribution in [2.24, 2.45) is 0 Å². The van der Waals surface area contributed by atoms with Crippen LogP contribution in [0.3, 0.4) is 0 Å². The number of hydrogen-bond donors (Lipinski definition) is 1. The van der Waals surface area contributed by atoms with Gasteiger partial charge in [0.2, 0.25) is 0 Å². The lowest BCUT2D eigenvalue weighted by Gasteiger charge is -2.23. The number of hydrogen-bond acceptors (Lipinski definition) is 2. The molecule has 2 N–H and O–H groups in total. The summed E-state index contributed by atoms with van der Waals surface area (Å²) in [6, 6.07) is 13.6. The van der Waals surface area contributed by atoms with Crippen LogP contribution in [0, 0.1) is 5.82 Å². The first-order chi connectivity index (χ1) is 10.1. The van der Waals surface area contributed by atoms with Gasteiger partial charge in [0.05, 0.1) is 0 Å². The first-order valence-corrected chi connectivity index (χ1v) is 7.04. The maximum absolute atomic E-state index is 13.3. The van der Waals surface area contributed by atoms with Gasteiger partial charge >= 0.3 is 0 Å². The Balaban J connectivity index is 1.83. The summed E-state index contributed by atoms with van der Waals surface area (Å²) >= 11 is 0. The third kappa shape index (κ3) is 3.21. The van der Waals surface area contributed by atoms with E-state index < -0.39 is 0 Å². The van der Waals surface area contributed by atoms with Crippen LogP contribution >= 0.6 is 0 Å². The van der Waals surface area contributed by atoms with Gasteiger partial charge in [-0.25, -0.2) is 4.39 Å². The molecular weight excluding hydrogens is 267 g/mol. The number of anilines is 1. The highest BCUT2D eigenvalue weighted by molar-refractivity contribution is 5.94. The molecule has 1 aliphatic carbocycles. The van der Waals surface area contributed by atoms with Crippen molar-refractivity contribution in [2.75, 3.05) is 5.73 Å². The molecule has 0 atom stereocenters. The quantitative estimate of drug-likeness (QED) is 0.876. The lowest BCUT2D eigenvalue weighted by Crippen LogP contribution is -2.32. The van der Waals surface area contributed by atoms with E-state index in [0.29, 0.717) is 17.8 Å². The summed E-state index contributed by atoms with van der Waals surface area (Å²) in [4.78, 5) is 14.4. The Morgan fingerprint density at radius 2 is 1.95 bits per heavy atom. The van der Waals surface area contributed by atoms with E-state index >= 15 is 0 Å². The molecule has 0 spiro atoms. The van der Waals surface area contributed by atoms with Gasteiger partial charge in [-0.2, -0.15) is 0 Å². The van der Waals surface area contributed by atoms with Crippen LogP contribution in [0.5, 0.6) is 0 Å². The molecule has 0 aromatic heterocycles. The van der Waals surface area contributed by atoms with Crippen molar-refractivity contribution in [1.29, 1.82) is 0 Å². The van der Waals surface area contributed by atoms with Crippen molar-refractivity contribution in [3.8, 4) is 0 Å². The molecule has 1 saturated carbocycles. The minimum Gasteiger partial charge on any atom is -0.399 e. The molecule has 3 rings (SSSR count). The zero-order chi connectivity index (χ0) is 14.8. The third-order valence-corrected chi connectivity index (χ3v) is 3.62. The highest BCUT2D eigenvalue weighted by atomic mass is 19.1. The van der Waals surface area contributed by atoms with Gasteiger partial charge in [-0.15, -0.1) is 0 Å². The van der Waals surface area contributed by atoms with Gasteiger partial charge in [0.1, 0.15) is 5.82 Å². The minimum absolute atomic E-state index is 0.126. The van der Waals surface area contributed by atoms with Crippen LogP contribution in [0.25, 0.3) is 0 Å². The molecule has 108 valence electrons. The lowest BCUT2D eigenvalue weighted by atomic mass is 10.1. The van der Waals surface area contributed by atoms with Crippen molar-refractivity contribution >= 4 is 11.6 Å². The average molecular weight is 284 g/mol. The van der Waals surface area contributed by atoms with E-state index in [1.807, 2.05) is 29.2 Å². The summed E-state index contributed by atoms with van der Waals surface area (Å²) in [6.45, 7) is 0.505. The molecule has 2 aromatic carbocycles. The molecule has 1 aliphatic rings. The Bertz CT molecular complexity index is 667. The SMILES string of the molecule is Nc1cccc(CN(C(=O)c2cccc(F)c2)C2CC2)c1. The molecule has 3 nitrogen and oxygen atoms in total. The van der Waals surface area contributed by atoms with Gasteiger partial charge in [0.25, 0.3) is 5.91 Å². The molecule has 2 aromatic rings.